The lowest BCUT2D eigenvalue weighted by atomic mass is 9.84. The first-order valence-electron chi connectivity index (χ1n) is 10.6. The highest BCUT2D eigenvalue weighted by Gasteiger charge is 2.34. The second-order valence-corrected chi connectivity index (χ2v) is 8.62. The predicted octanol–water partition coefficient (Wildman–Crippen LogP) is 1.90. The predicted molar refractivity (Wildman–Crippen MR) is 135 cm³/mol. The fourth-order valence-electron chi connectivity index (χ4n) is 4.27. The Bertz CT molecular complexity index is 1650. The molecule has 3 aromatic rings. The largest absolute Gasteiger partial charge is 0.493 e. The van der Waals surface area contributed by atoms with E-state index in [0.29, 0.717) is 43.3 Å². The molecular formula is C26H22N4O5S. The Morgan fingerprint density at radius 1 is 0.917 bits per heavy atom. The van der Waals surface area contributed by atoms with Gasteiger partial charge >= 0.3 is 0 Å². The zero-order valence-corrected chi connectivity index (χ0v) is 20.8. The van der Waals surface area contributed by atoms with E-state index in [1.54, 1.807) is 42.5 Å². The average Bonchev–Trinajstić information content (AvgIpc) is 3.23. The summed E-state index contributed by atoms with van der Waals surface area (Å²) in [4.78, 5) is 13.5. The second kappa shape index (κ2) is 9.90. The summed E-state index contributed by atoms with van der Waals surface area (Å²) in [5, 5.41) is 20.3. The number of nitrogens with zero attached hydrogens (tertiary/aromatic N) is 3. The van der Waals surface area contributed by atoms with Crippen LogP contribution in [0.4, 0.5) is 0 Å². The van der Waals surface area contributed by atoms with E-state index in [2.05, 4.69) is 12.1 Å². The molecule has 1 unspecified atom stereocenters. The Hall–Kier alpha value is -4.67. The molecule has 0 bridgehead atoms. The van der Waals surface area contributed by atoms with Gasteiger partial charge in [0.2, 0.25) is 0 Å². The average molecular weight is 503 g/mol. The molecule has 4 rings (SSSR count). The van der Waals surface area contributed by atoms with Crippen molar-refractivity contribution in [1.29, 1.82) is 10.5 Å². The van der Waals surface area contributed by atoms with Crippen LogP contribution in [-0.2, 0) is 0 Å². The van der Waals surface area contributed by atoms with Crippen LogP contribution in [0.2, 0.25) is 0 Å². The molecule has 36 heavy (non-hydrogen) atoms. The van der Waals surface area contributed by atoms with Gasteiger partial charge in [-0.15, -0.1) is 11.3 Å². The van der Waals surface area contributed by atoms with Gasteiger partial charge in [0, 0.05) is 11.1 Å². The fraction of sp³-hybridized carbons (Fsp3) is 0.192. The van der Waals surface area contributed by atoms with Crippen molar-refractivity contribution in [2.24, 2.45) is 5.73 Å². The summed E-state index contributed by atoms with van der Waals surface area (Å²) >= 11 is 1.10. The summed E-state index contributed by atoms with van der Waals surface area (Å²) in [6.07, 6.45) is 1.65. The Balaban J connectivity index is 2.08. The van der Waals surface area contributed by atoms with Gasteiger partial charge in [0.1, 0.15) is 10.5 Å². The van der Waals surface area contributed by atoms with Gasteiger partial charge < -0.3 is 24.7 Å². The SMILES string of the molecule is COc1cccc(/C=c2/sc3n(c2=O)C(N)=C(C#N)C(c2cccc(OC)c2OC)C=3C#N)c1OC. The van der Waals surface area contributed by atoms with Crippen LogP contribution >= 0.6 is 11.3 Å². The first-order chi connectivity index (χ1) is 17.4. The van der Waals surface area contributed by atoms with Crippen LogP contribution in [0.15, 0.2) is 46.8 Å². The Labute approximate surface area is 210 Å². The summed E-state index contributed by atoms with van der Waals surface area (Å²) in [6.45, 7) is 0. The molecular weight excluding hydrogens is 480 g/mol. The third kappa shape index (κ3) is 3.74. The molecule has 0 spiro atoms. The van der Waals surface area contributed by atoms with Crippen molar-refractivity contribution >= 4 is 28.8 Å². The van der Waals surface area contributed by atoms with E-state index in [0.717, 1.165) is 11.3 Å². The number of allylic oxidation sites excluding steroid dienone is 1. The van der Waals surface area contributed by atoms with E-state index < -0.39 is 11.5 Å². The minimum Gasteiger partial charge on any atom is -0.493 e. The van der Waals surface area contributed by atoms with Gasteiger partial charge in [-0.3, -0.25) is 9.36 Å². The number of fused-ring (bicyclic) bond motifs is 1. The topological polar surface area (TPSA) is 133 Å². The molecule has 0 saturated carbocycles. The highest BCUT2D eigenvalue weighted by atomic mass is 32.1. The van der Waals surface area contributed by atoms with Crippen LogP contribution in [0.5, 0.6) is 23.0 Å². The molecule has 0 aliphatic carbocycles. The Morgan fingerprint density at radius 2 is 1.53 bits per heavy atom. The van der Waals surface area contributed by atoms with Gasteiger partial charge in [0.25, 0.3) is 5.56 Å². The quantitative estimate of drug-likeness (QED) is 0.540. The first-order valence-corrected chi connectivity index (χ1v) is 11.5. The Kier molecular flexibility index (Phi) is 6.73. The molecule has 1 aliphatic heterocycles. The van der Waals surface area contributed by atoms with Crippen LogP contribution in [-0.4, -0.2) is 33.0 Å². The number of ether oxygens (including phenoxy) is 4. The summed E-state index contributed by atoms with van der Waals surface area (Å²) in [5.74, 6) is 0.894. The van der Waals surface area contributed by atoms with Crippen molar-refractivity contribution in [1.82, 2.24) is 4.57 Å². The molecule has 2 N–H and O–H groups in total. The number of aromatic nitrogens is 1. The van der Waals surface area contributed by atoms with Gasteiger partial charge in [-0.1, -0.05) is 24.3 Å². The van der Waals surface area contributed by atoms with E-state index in [1.807, 2.05) is 0 Å². The minimum atomic E-state index is -0.845. The van der Waals surface area contributed by atoms with Gasteiger partial charge in [-0.2, -0.15) is 10.5 Å². The first kappa shape index (κ1) is 24.5. The number of rotatable bonds is 6. The third-order valence-electron chi connectivity index (χ3n) is 5.85. The normalized spacial score (nSPS) is 15.1. The van der Waals surface area contributed by atoms with E-state index in [-0.39, 0.29) is 17.0 Å². The number of nitriles is 2. The molecule has 182 valence electrons. The van der Waals surface area contributed by atoms with Gasteiger partial charge in [0.15, 0.2) is 23.0 Å². The summed E-state index contributed by atoms with van der Waals surface area (Å²) < 4.78 is 23.7. The van der Waals surface area contributed by atoms with Crippen LogP contribution < -0.4 is 39.4 Å². The van der Waals surface area contributed by atoms with Gasteiger partial charge in [-0.25, -0.2) is 0 Å². The molecule has 0 radical (unpaired) electrons. The number of thiazole rings is 1. The van der Waals surface area contributed by atoms with Crippen molar-refractivity contribution in [2.75, 3.05) is 28.4 Å². The summed E-state index contributed by atoms with van der Waals surface area (Å²) in [5.41, 5.74) is 7.35. The molecule has 2 aromatic carbocycles. The highest BCUT2D eigenvalue weighted by molar-refractivity contribution is 7.07. The molecule has 1 atom stereocenters. The van der Waals surface area contributed by atoms with E-state index >= 15 is 0 Å². The van der Waals surface area contributed by atoms with Crippen LogP contribution in [0.25, 0.3) is 17.5 Å². The van der Waals surface area contributed by atoms with Crippen molar-refractivity contribution in [3.63, 3.8) is 0 Å². The number of nitrogens with two attached hydrogens (primary N) is 1. The monoisotopic (exact) mass is 502 g/mol. The van der Waals surface area contributed by atoms with E-state index in [9.17, 15) is 15.3 Å². The van der Waals surface area contributed by atoms with Gasteiger partial charge in [0.05, 0.1) is 62.2 Å². The van der Waals surface area contributed by atoms with Crippen LogP contribution in [0, 0.1) is 22.7 Å². The van der Waals surface area contributed by atoms with Crippen LogP contribution in [0.1, 0.15) is 17.0 Å². The lowest BCUT2D eigenvalue weighted by Gasteiger charge is -2.24. The molecule has 0 fully saturated rings. The third-order valence-corrected chi connectivity index (χ3v) is 6.96. The maximum Gasteiger partial charge on any atom is 0.274 e. The summed E-state index contributed by atoms with van der Waals surface area (Å²) in [6, 6.07) is 14.8. The molecule has 10 heteroatoms. The lowest BCUT2D eigenvalue weighted by Crippen LogP contribution is -2.38. The zero-order chi connectivity index (χ0) is 26.0. The van der Waals surface area contributed by atoms with Crippen molar-refractivity contribution < 1.29 is 18.9 Å². The number of methoxy groups -OCH3 is 4. The standard InChI is InChI=1S/C26H22N4O5S/c1-32-18-9-5-7-14(22(18)34-3)11-20-25(31)30-24(29)16(12-27)21(17(13-28)26(30)36-20)15-8-6-10-19(33-2)23(15)35-4/h5-11,21H,29H2,1-4H3/b20-11+. The molecule has 0 amide bonds. The Morgan fingerprint density at radius 3 is 2.11 bits per heavy atom. The van der Waals surface area contributed by atoms with Crippen molar-refractivity contribution in [2.45, 2.75) is 5.92 Å². The maximum atomic E-state index is 13.5. The minimum absolute atomic E-state index is 0.0418. The van der Waals surface area contributed by atoms with Gasteiger partial charge in [-0.05, 0) is 18.2 Å². The number of para-hydroxylation sites is 2. The van der Waals surface area contributed by atoms with E-state index in [1.165, 1.54) is 33.0 Å². The van der Waals surface area contributed by atoms with E-state index in [4.69, 9.17) is 24.7 Å². The molecule has 0 saturated heterocycles. The van der Waals surface area contributed by atoms with Crippen molar-refractivity contribution in [3.05, 3.63) is 72.6 Å². The lowest BCUT2D eigenvalue weighted by molar-refractivity contribution is 0.351. The number of hydrogen-bond acceptors (Lipinski definition) is 9. The summed E-state index contributed by atoms with van der Waals surface area (Å²) in [7, 11) is 6.01. The zero-order valence-electron chi connectivity index (χ0n) is 20.0. The number of hydrogen-bond donors (Lipinski definition) is 1. The molecule has 9 nitrogen and oxygen atoms in total. The maximum absolute atomic E-state index is 13.5. The molecule has 2 heterocycles. The number of benzene rings is 2. The molecule has 1 aliphatic rings. The van der Waals surface area contributed by atoms with Crippen LogP contribution in [0.3, 0.4) is 0 Å². The highest BCUT2D eigenvalue weighted by Crippen LogP contribution is 2.43. The van der Waals surface area contributed by atoms with Crippen molar-refractivity contribution in [3.8, 4) is 35.1 Å². The smallest absolute Gasteiger partial charge is 0.274 e. The fourth-order valence-corrected chi connectivity index (χ4v) is 5.39. The second-order valence-electron chi connectivity index (χ2n) is 7.59. The molecule has 1 aromatic heterocycles.